The van der Waals surface area contributed by atoms with E-state index in [1.165, 1.54) is 0 Å². The molecule has 0 spiro atoms. The van der Waals surface area contributed by atoms with Crippen molar-refractivity contribution in [2.75, 3.05) is 6.54 Å². The summed E-state index contributed by atoms with van der Waals surface area (Å²) in [6, 6.07) is 8.43. The van der Waals surface area contributed by atoms with Crippen molar-refractivity contribution in [3.05, 3.63) is 35.9 Å². The minimum Gasteiger partial charge on any atom is -0.368 e. The Kier molecular flexibility index (Phi) is 5.12. The van der Waals surface area contributed by atoms with Gasteiger partial charge in [0.1, 0.15) is 6.04 Å². The summed E-state index contributed by atoms with van der Waals surface area (Å²) in [5.74, 6) is -1.10. The predicted molar refractivity (Wildman–Crippen MR) is 61.1 cm³/mol. The van der Waals surface area contributed by atoms with Gasteiger partial charge in [0.25, 0.3) is 0 Å². The van der Waals surface area contributed by atoms with Crippen LogP contribution in [0.1, 0.15) is 5.56 Å². The molecule has 92 valence electrons. The van der Waals surface area contributed by atoms with E-state index >= 15 is 0 Å². The number of carbonyl (C=O) groups excluding carboxylic acids is 2. The van der Waals surface area contributed by atoms with Crippen molar-refractivity contribution in [3.8, 4) is 0 Å². The van der Waals surface area contributed by atoms with Crippen LogP contribution in [0.2, 0.25) is 0 Å². The summed E-state index contributed by atoms with van der Waals surface area (Å²) in [6.45, 7) is -0.279. The normalized spacial score (nSPS) is 11.8. The molecule has 0 saturated carbocycles. The van der Waals surface area contributed by atoms with Crippen molar-refractivity contribution in [2.45, 2.75) is 12.5 Å². The van der Waals surface area contributed by atoms with E-state index in [-0.39, 0.29) is 6.54 Å². The van der Waals surface area contributed by atoms with Crippen molar-refractivity contribution in [3.63, 3.8) is 0 Å². The standard InChI is InChI=1S/C11H15N3O3/c12-11(16)9(14-10(15)7-13-17)6-8-4-2-1-3-5-8/h1-5,9,13,17H,6-7H2,(H2,12,16)(H,14,15)/t9-/m0/s1. The van der Waals surface area contributed by atoms with Gasteiger partial charge in [-0.15, -0.1) is 0 Å². The van der Waals surface area contributed by atoms with Gasteiger partial charge in [-0.25, -0.2) is 0 Å². The summed E-state index contributed by atoms with van der Waals surface area (Å²) in [7, 11) is 0. The van der Waals surface area contributed by atoms with Gasteiger partial charge in [0, 0.05) is 6.42 Å². The van der Waals surface area contributed by atoms with E-state index in [0.29, 0.717) is 6.42 Å². The second kappa shape index (κ2) is 6.62. The van der Waals surface area contributed by atoms with Crippen molar-refractivity contribution < 1.29 is 14.8 Å². The van der Waals surface area contributed by atoms with Gasteiger partial charge >= 0.3 is 0 Å². The maximum absolute atomic E-state index is 11.2. The van der Waals surface area contributed by atoms with Crippen LogP contribution in [0.15, 0.2) is 30.3 Å². The number of nitrogens with two attached hydrogens (primary N) is 1. The fraction of sp³-hybridized carbons (Fsp3) is 0.273. The lowest BCUT2D eigenvalue weighted by Gasteiger charge is -2.15. The van der Waals surface area contributed by atoms with Gasteiger partial charge in [-0.3, -0.25) is 9.59 Å². The molecule has 0 radical (unpaired) electrons. The zero-order valence-electron chi connectivity index (χ0n) is 9.22. The average molecular weight is 237 g/mol. The minimum absolute atomic E-state index is 0.279. The molecule has 0 saturated heterocycles. The summed E-state index contributed by atoms with van der Waals surface area (Å²) in [5.41, 5.74) is 7.80. The fourth-order valence-electron chi connectivity index (χ4n) is 1.39. The molecule has 0 fully saturated rings. The largest absolute Gasteiger partial charge is 0.368 e. The Hall–Kier alpha value is -1.92. The Morgan fingerprint density at radius 3 is 2.47 bits per heavy atom. The van der Waals surface area contributed by atoms with E-state index in [4.69, 9.17) is 10.9 Å². The van der Waals surface area contributed by atoms with E-state index < -0.39 is 17.9 Å². The van der Waals surface area contributed by atoms with Crippen LogP contribution in [0.3, 0.4) is 0 Å². The zero-order valence-corrected chi connectivity index (χ0v) is 9.22. The lowest BCUT2D eigenvalue weighted by molar-refractivity contribution is -0.127. The van der Waals surface area contributed by atoms with E-state index in [1.54, 1.807) is 5.48 Å². The summed E-state index contributed by atoms with van der Waals surface area (Å²) in [6.07, 6.45) is 0.327. The maximum atomic E-state index is 11.2. The fourth-order valence-corrected chi connectivity index (χ4v) is 1.39. The molecule has 0 aliphatic carbocycles. The number of amides is 2. The first-order valence-corrected chi connectivity index (χ1v) is 5.13. The molecule has 2 amide bonds. The molecule has 1 rings (SSSR count). The van der Waals surface area contributed by atoms with Crippen LogP contribution in [-0.4, -0.2) is 29.6 Å². The van der Waals surface area contributed by atoms with Crippen LogP contribution >= 0.6 is 0 Å². The molecule has 1 aromatic rings. The molecule has 0 heterocycles. The first kappa shape index (κ1) is 13.1. The first-order chi connectivity index (χ1) is 8.13. The molecular weight excluding hydrogens is 222 g/mol. The van der Waals surface area contributed by atoms with Crippen LogP contribution in [0.5, 0.6) is 0 Å². The number of carbonyl (C=O) groups is 2. The molecular formula is C11H15N3O3. The second-order valence-corrected chi connectivity index (χ2v) is 3.55. The topological polar surface area (TPSA) is 104 Å². The third-order valence-corrected chi connectivity index (χ3v) is 2.20. The van der Waals surface area contributed by atoms with Gasteiger partial charge in [0.15, 0.2) is 0 Å². The molecule has 0 unspecified atom stereocenters. The van der Waals surface area contributed by atoms with Gasteiger partial charge in [-0.2, -0.15) is 5.48 Å². The second-order valence-electron chi connectivity index (χ2n) is 3.55. The van der Waals surface area contributed by atoms with Crippen LogP contribution in [0.25, 0.3) is 0 Å². The molecule has 1 aromatic carbocycles. The highest BCUT2D eigenvalue weighted by Gasteiger charge is 2.17. The molecule has 6 heteroatoms. The van der Waals surface area contributed by atoms with Crippen molar-refractivity contribution >= 4 is 11.8 Å². The van der Waals surface area contributed by atoms with Crippen molar-refractivity contribution in [1.82, 2.24) is 10.8 Å². The van der Waals surface area contributed by atoms with Gasteiger partial charge in [0.05, 0.1) is 6.54 Å². The highest BCUT2D eigenvalue weighted by Crippen LogP contribution is 2.02. The summed E-state index contributed by atoms with van der Waals surface area (Å²) in [5, 5.41) is 10.8. The number of hydrogen-bond donors (Lipinski definition) is 4. The smallest absolute Gasteiger partial charge is 0.240 e. The number of hydrogen-bond acceptors (Lipinski definition) is 4. The van der Waals surface area contributed by atoms with E-state index in [1.807, 2.05) is 30.3 Å². The number of hydroxylamine groups is 1. The monoisotopic (exact) mass is 237 g/mol. The third kappa shape index (κ3) is 4.62. The average Bonchev–Trinajstić information content (AvgIpc) is 2.29. The van der Waals surface area contributed by atoms with Gasteiger partial charge in [0.2, 0.25) is 11.8 Å². The molecule has 5 N–H and O–H groups in total. The number of primary amides is 1. The number of benzene rings is 1. The highest BCUT2D eigenvalue weighted by molar-refractivity contribution is 5.87. The Morgan fingerprint density at radius 2 is 1.94 bits per heavy atom. The van der Waals surface area contributed by atoms with Crippen LogP contribution < -0.4 is 16.5 Å². The lowest BCUT2D eigenvalue weighted by Crippen LogP contribution is -2.48. The Balaban J connectivity index is 2.61. The number of nitrogens with one attached hydrogen (secondary N) is 2. The Labute approximate surface area is 98.8 Å². The summed E-state index contributed by atoms with van der Waals surface area (Å²) >= 11 is 0. The van der Waals surface area contributed by atoms with Crippen LogP contribution in [0, 0.1) is 0 Å². The predicted octanol–water partition coefficient (Wildman–Crippen LogP) is -0.822. The Bertz CT molecular complexity index is 381. The van der Waals surface area contributed by atoms with Gasteiger partial charge < -0.3 is 16.3 Å². The van der Waals surface area contributed by atoms with Crippen LogP contribution in [-0.2, 0) is 16.0 Å². The third-order valence-electron chi connectivity index (χ3n) is 2.20. The quantitative estimate of drug-likeness (QED) is 0.485. The molecule has 0 aromatic heterocycles. The molecule has 6 nitrogen and oxygen atoms in total. The first-order valence-electron chi connectivity index (χ1n) is 5.13. The van der Waals surface area contributed by atoms with Crippen molar-refractivity contribution in [2.24, 2.45) is 5.73 Å². The number of rotatable bonds is 6. The molecule has 0 aliphatic rings. The summed E-state index contributed by atoms with van der Waals surface area (Å²) in [4.78, 5) is 22.4. The van der Waals surface area contributed by atoms with Crippen molar-refractivity contribution in [1.29, 1.82) is 0 Å². The lowest BCUT2D eigenvalue weighted by atomic mass is 10.1. The zero-order chi connectivity index (χ0) is 12.7. The van der Waals surface area contributed by atoms with Gasteiger partial charge in [-0.05, 0) is 5.56 Å². The molecule has 0 bridgehead atoms. The minimum atomic E-state index is -0.779. The SMILES string of the molecule is NC(=O)[C@H](Cc1ccccc1)NC(=O)CNO. The van der Waals surface area contributed by atoms with Crippen LogP contribution in [0.4, 0.5) is 0 Å². The highest BCUT2D eigenvalue weighted by atomic mass is 16.5. The van der Waals surface area contributed by atoms with E-state index in [9.17, 15) is 9.59 Å². The molecule has 17 heavy (non-hydrogen) atoms. The Morgan fingerprint density at radius 1 is 1.29 bits per heavy atom. The van der Waals surface area contributed by atoms with Gasteiger partial charge in [-0.1, -0.05) is 30.3 Å². The molecule has 0 aliphatic heterocycles. The van der Waals surface area contributed by atoms with E-state index in [0.717, 1.165) is 5.56 Å². The maximum Gasteiger partial charge on any atom is 0.240 e. The summed E-state index contributed by atoms with van der Waals surface area (Å²) < 4.78 is 0. The molecule has 1 atom stereocenters. The van der Waals surface area contributed by atoms with E-state index in [2.05, 4.69) is 5.32 Å².